The summed E-state index contributed by atoms with van der Waals surface area (Å²) >= 11 is 0. The van der Waals surface area contributed by atoms with E-state index in [9.17, 15) is 9.18 Å². The smallest absolute Gasteiger partial charge is 0.256 e. The minimum absolute atomic E-state index is 0.234. The van der Waals surface area contributed by atoms with Crippen LogP contribution in [0, 0.1) is 5.82 Å². The minimum Gasteiger partial charge on any atom is -0.344 e. The van der Waals surface area contributed by atoms with E-state index >= 15 is 0 Å². The number of benzene rings is 1. The number of imidazole rings is 1. The van der Waals surface area contributed by atoms with Gasteiger partial charge in [-0.15, -0.1) is 0 Å². The predicted octanol–water partition coefficient (Wildman–Crippen LogP) is 0.993. The molecule has 18 heavy (non-hydrogen) atoms. The number of aromatic amines is 1. The molecule has 0 atom stereocenters. The topological polar surface area (TPSA) is 61.0 Å². The maximum absolute atomic E-state index is 13.4. The average molecular weight is 250 g/mol. The van der Waals surface area contributed by atoms with Crippen LogP contribution in [0.5, 0.6) is 0 Å². The van der Waals surface area contributed by atoms with Crippen LogP contribution < -0.4 is 5.32 Å². The van der Waals surface area contributed by atoms with E-state index in [1.54, 1.807) is 11.9 Å². The van der Waals surface area contributed by atoms with Gasteiger partial charge in [-0.2, -0.15) is 0 Å². The molecule has 1 aromatic carbocycles. The molecule has 1 aromatic heterocycles. The van der Waals surface area contributed by atoms with Gasteiger partial charge in [-0.1, -0.05) is 0 Å². The first-order valence-electron chi connectivity index (χ1n) is 5.66. The molecule has 96 valence electrons. The van der Waals surface area contributed by atoms with E-state index in [0.717, 1.165) is 0 Å². The Hall–Kier alpha value is -1.95. The highest BCUT2D eigenvalue weighted by Gasteiger charge is 2.17. The van der Waals surface area contributed by atoms with E-state index in [1.165, 1.54) is 18.5 Å². The van der Waals surface area contributed by atoms with Gasteiger partial charge in [0.15, 0.2) is 0 Å². The van der Waals surface area contributed by atoms with Gasteiger partial charge in [0.1, 0.15) is 11.3 Å². The Morgan fingerprint density at radius 3 is 3.06 bits per heavy atom. The molecule has 1 amide bonds. The van der Waals surface area contributed by atoms with Crippen molar-refractivity contribution in [3.63, 3.8) is 0 Å². The van der Waals surface area contributed by atoms with E-state index in [1.807, 2.05) is 7.05 Å². The first-order valence-corrected chi connectivity index (χ1v) is 5.66. The first-order chi connectivity index (χ1) is 8.63. The average Bonchev–Trinajstić information content (AvgIpc) is 2.81. The quantitative estimate of drug-likeness (QED) is 0.850. The summed E-state index contributed by atoms with van der Waals surface area (Å²) in [7, 11) is 3.50. The number of aromatic nitrogens is 2. The van der Waals surface area contributed by atoms with Crippen LogP contribution in [0.1, 0.15) is 10.4 Å². The van der Waals surface area contributed by atoms with E-state index in [2.05, 4.69) is 15.3 Å². The molecule has 5 nitrogen and oxygen atoms in total. The van der Waals surface area contributed by atoms with E-state index < -0.39 is 5.82 Å². The standard InChI is InChI=1S/C12H15FN4O/c1-14-3-4-17(2)12(18)9-5-8(13)6-10-11(9)16-7-15-10/h5-7,14H,3-4H2,1-2H3,(H,15,16). The zero-order valence-electron chi connectivity index (χ0n) is 10.3. The van der Waals surface area contributed by atoms with E-state index in [-0.39, 0.29) is 11.5 Å². The Balaban J connectivity index is 2.34. The van der Waals surface area contributed by atoms with Crippen LogP contribution in [0.4, 0.5) is 4.39 Å². The third kappa shape index (κ3) is 2.33. The summed E-state index contributed by atoms with van der Waals surface area (Å²) in [4.78, 5) is 20.6. The summed E-state index contributed by atoms with van der Waals surface area (Å²) in [5.41, 5.74) is 1.31. The maximum Gasteiger partial charge on any atom is 0.256 e. The lowest BCUT2D eigenvalue weighted by Crippen LogP contribution is -2.33. The molecule has 2 N–H and O–H groups in total. The van der Waals surface area contributed by atoms with Crippen molar-refractivity contribution in [3.05, 3.63) is 29.8 Å². The molecule has 0 aliphatic carbocycles. The third-order valence-electron chi connectivity index (χ3n) is 2.76. The van der Waals surface area contributed by atoms with Crippen molar-refractivity contribution in [2.45, 2.75) is 0 Å². The Morgan fingerprint density at radius 2 is 2.33 bits per heavy atom. The zero-order valence-corrected chi connectivity index (χ0v) is 10.3. The first kappa shape index (κ1) is 12.5. The number of likely N-dealkylation sites (N-methyl/N-ethyl adjacent to an activating group) is 2. The normalized spacial score (nSPS) is 10.8. The Labute approximate surface area is 104 Å². The number of nitrogens with one attached hydrogen (secondary N) is 2. The Morgan fingerprint density at radius 1 is 1.56 bits per heavy atom. The molecular formula is C12H15FN4O. The van der Waals surface area contributed by atoms with Gasteiger partial charge in [-0.25, -0.2) is 9.37 Å². The number of nitrogens with zero attached hydrogens (tertiary/aromatic N) is 2. The highest BCUT2D eigenvalue weighted by atomic mass is 19.1. The van der Waals surface area contributed by atoms with Gasteiger partial charge in [0.05, 0.1) is 17.4 Å². The number of fused-ring (bicyclic) bond motifs is 1. The number of carbonyl (C=O) groups excluding carboxylic acids is 1. The van der Waals surface area contributed by atoms with Gasteiger partial charge in [0.25, 0.3) is 5.91 Å². The highest BCUT2D eigenvalue weighted by Crippen LogP contribution is 2.18. The van der Waals surface area contributed by atoms with Crippen LogP contribution in [-0.4, -0.2) is 48.0 Å². The molecule has 0 saturated carbocycles. The molecular weight excluding hydrogens is 235 g/mol. The van der Waals surface area contributed by atoms with Crippen LogP contribution in [0.25, 0.3) is 11.0 Å². The van der Waals surface area contributed by atoms with Crippen molar-refractivity contribution in [2.75, 3.05) is 27.2 Å². The molecule has 0 saturated heterocycles. The molecule has 0 spiro atoms. The Kier molecular flexibility index (Phi) is 3.57. The zero-order chi connectivity index (χ0) is 13.1. The number of carbonyl (C=O) groups is 1. The fourth-order valence-corrected chi connectivity index (χ4v) is 1.76. The molecule has 0 fully saturated rings. The van der Waals surface area contributed by atoms with Gasteiger partial charge < -0.3 is 15.2 Å². The van der Waals surface area contributed by atoms with Crippen molar-refractivity contribution in [3.8, 4) is 0 Å². The summed E-state index contributed by atoms with van der Waals surface area (Å²) in [5.74, 6) is -0.682. The van der Waals surface area contributed by atoms with Crippen LogP contribution in [0.15, 0.2) is 18.5 Å². The monoisotopic (exact) mass is 250 g/mol. The summed E-state index contributed by atoms with van der Waals surface area (Å²) < 4.78 is 13.4. The SMILES string of the molecule is CNCCN(C)C(=O)c1cc(F)cc2[nH]cnc12. The van der Waals surface area contributed by atoms with Crippen LogP contribution in [0.2, 0.25) is 0 Å². The minimum atomic E-state index is -0.447. The fraction of sp³-hybridized carbons (Fsp3) is 0.333. The van der Waals surface area contributed by atoms with Gasteiger partial charge >= 0.3 is 0 Å². The number of hydrogen-bond donors (Lipinski definition) is 2. The lowest BCUT2D eigenvalue weighted by Gasteiger charge is -2.17. The van der Waals surface area contributed by atoms with Crippen molar-refractivity contribution >= 4 is 16.9 Å². The molecule has 0 aliphatic heterocycles. The largest absolute Gasteiger partial charge is 0.344 e. The van der Waals surface area contributed by atoms with Crippen molar-refractivity contribution in [1.82, 2.24) is 20.2 Å². The molecule has 0 radical (unpaired) electrons. The molecule has 1 heterocycles. The molecule has 0 aliphatic rings. The highest BCUT2D eigenvalue weighted by molar-refractivity contribution is 6.04. The number of rotatable bonds is 4. The predicted molar refractivity (Wildman–Crippen MR) is 66.9 cm³/mol. The van der Waals surface area contributed by atoms with E-state index in [0.29, 0.717) is 24.1 Å². The van der Waals surface area contributed by atoms with Gasteiger partial charge in [-0.05, 0) is 19.2 Å². The number of hydrogen-bond acceptors (Lipinski definition) is 3. The summed E-state index contributed by atoms with van der Waals surface area (Å²) in [5, 5.41) is 2.96. The molecule has 0 bridgehead atoms. The van der Waals surface area contributed by atoms with Crippen LogP contribution >= 0.6 is 0 Å². The van der Waals surface area contributed by atoms with Gasteiger partial charge in [-0.3, -0.25) is 4.79 Å². The van der Waals surface area contributed by atoms with Gasteiger partial charge in [0, 0.05) is 20.1 Å². The van der Waals surface area contributed by atoms with Crippen molar-refractivity contribution in [2.24, 2.45) is 0 Å². The maximum atomic E-state index is 13.4. The van der Waals surface area contributed by atoms with Gasteiger partial charge in [0.2, 0.25) is 0 Å². The van der Waals surface area contributed by atoms with Crippen LogP contribution in [-0.2, 0) is 0 Å². The molecule has 2 aromatic rings. The summed E-state index contributed by atoms with van der Waals surface area (Å²) in [6, 6.07) is 2.55. The second-order valence-corrected chi connectivity index (χ2v) is 4.08. The van der Waals surface area contributed by atoms with Crippen molar-refractivity contribution in [1.29, 1.82) is 0 Å². The fourth-order valence-electron chi connectivity index (χ4n) is 1.76. The summed E-state index contributed by atoms with van der Waals surface area (Å²) in [6.45, 7) is 1.24. The lowest BCUT2D eigenvalue weighted by atomic mass is 10.1. The third-order valence-corrected chi connectivity index (χ3v) is 2.76. The summed E-state index contributed by atoms with van der Waals surface area (Å²) in [6.07, 6.45) is 1.45. The molecule has 0 unspecified atom stereocenters. The number of amides is 1. The number of halogens is 1. The molecule has 2 rings (SSSR count). The van der Waals surface area contributed by atoms with E-state index in [4.69, 9.17) is 0 Å². The second kappa shape index (κ2) is 5.14. The lowest BCUT2D eigenvalue weighted by molar-refractivity contribution is 0.0798. The molecule has 6 heteroatoms. The second-order valence-electron chi connectivity index (χ2n) is 4.08. The number of H-pyrrole nitrogens is 1. The van der Waals surface area contributed by atoms with Crippen LogP contribution in [0.3, 0.4) is 0 Å². The van der Waals surface area contributed by atoms with Crippen molar-refractivity contribution < 1.29 is 9.18 Å². The Bertz CT molecular complexity index is 566.